The molecule has 0 aliphatic carbocycles. The van der Waals surface area contributed by atoms with Gasteiger partial charge in [0.05, 0.1) is 5.60 Å². The molecule has 1 aliphatic rings. The molecule has 1 fully saturated rings. The molecule has 1 N–H and O–H groups in total. The lowest BCUT2D eigenvalue weighted by molar-refractivity contribution is -0.0933. The number of rotatable bonds is 9. The van der Waals surface area contributed by atoms with E-state index in [2.05, 4.69) is 33.0 Å². The number of nitrogens with one attached hydrogen (secondary N) is 1. The van der Waals surface area contributed by atoms with E-state index in [0.717, 1.165) is 25.4 Å². The van der Waals surface area contributed by atoms with Gasteiger partial charge < -0.3 is 10.1 Å². The minimum absolute atomic E-state index is 0.154. The van der Waals surface area contributed by atoms with Crippen LogP contribution in [-0.4, -0.2) is 24.8 Å². The molecule has 1 heterocycles. The summed E-state index contributed by atoms with van der Waals surface area (Å²) in [6.45, 7) is 11.3. The van der Waals surface area contributed by atoms with Gasteiger partial charge in [0.2, 0.25) is 0 Å². The maximum absolute atomic E-state index is 6.05. The molecule has 2 atom stereocenters. The summed E-state index contributed by atoms with van der Waals surface area (Å²) in [7, 11) is 0. The van der Waals surface area contributed by atoms with Crippen LogP contribution in [0.15, 0.2) is 0 Å². The molecule has 0 radical (unpaired) electrons. The fourth-order valence-corrected chi connectivity index (χ4v) is 3.22. The molecule has 2 nitrogen and oxygen atoms in total. The average Bonchev–Trinajstić information content (AvgIpc) is 2.47. The Morgan fingerprint density at radius 3 is 2.53 bits per heavy atom. The fraction of sp³-hybridized carbons (Fsp3) is 1.00. The van der Waals surface area contributed by atoms with Gasteiger partial charge in [-0.1, -0.05) is 47.0 Å². The lowest BCUT2D eigenvalue weighted by atomic mass is 9.85. The molecule has 0 aromatic heterocycles. The first-order chi connectivity index (χ1) is 9.19. The number of unbranched alkanes of at least 4 members (excludes halogenated alkanes) is 1. The Morgan fingerprint density at radius 2 is 1.95 bits per heavy atom. The highest BCUT2D eigenvalue weighted by Crippen LogP contribution is 2.31. The summed E-state index contributed by atoms with van der Waals surface area (Å²) in [5.41, 5.74) is 0.154. The average molecular weight is 269 g/mol. The third kappa shape index (κ3) is 5.43. The largest absolute Gasteiger partial charge is 0.375 e. The molecule has 1 rings (SSSR count). The van der Waals surface area contributed by atoms with Gasteiger partial charge in [0.25, 0.3) is 0 Å². The topological polar surface area (TPSA) is 21.3 Å². The molecule has 0 aromatic rings. The van der Waals surface area contributed by atoms with E-state index >= 15 is 0 Å². The van der Waals surface area contributed by atoms with E-state index in [4.69, 9.17) is 4.74 Å². The molecular formula is C17H35NO. The monoisotopic (exact) mass is 269 g/mol. The van der Waals surface area contributed by atoms with Crippen LogP contribution in [0.25, 0.3) is 0 Å². The van der Waals surface area contributed by atoms with Crippen LogP contribution in [0.3, 0.4) is 0 Å². The Kier molecular flexibility index (Phi) is 8.01. The van der Waals surface area contributed by atoms with Gasteiger partial charge in [-0.05, 0) is 44.6 Å². The summed E-state index contributed by atoms with van der Waals surface area (Å²) in [6, 6.07) is 0.671. The van der Waals surface area contributed by atoms with Gasteiger partial charge >= 0.3 is 0 Å². The summed E-state index contributed by atoms with van der Waals surface area (Å²) < 4.78 is 6.05. The SMILES string of the molecule is CCCCC(CC)CNC1CCOC(CC)(CC)C1. The third-order valence-electron chi connectivity index (χ3n) is 5.02. The zero-order chi connectivity index (χ0) is 14.1. The van der Waals surface area contributed by atoms with Crippen molar-refractivity contribution in [2.45, 2.75) is 90.7 Å². The fourth-order valence-electron chi connectivity index (χ4n) is 3.22. The summed E-state index contributed by atoms with van der Waals surface area (Å²) >= 11 is 0. The molecule has 0 spiro atoms. The molecular weight excluding hydrogens is 234 g/mol. The lowest BCUT2D eigenvalue weighted by Gasteiger charge is -2.40. The molecule has 0 bridgehead atoms. The second-order valence-corrected chi connectivity index (χ2v) is 6.25. The standard InChI is InChI=1S/C17H35NO/c1-5-9-10-15(6-2)14-18-16-11-12-19-17(7-3,8-4)13-16/h15-16,18H,5-14H2,1-4H3. The highest BCUT2D eigenvalue weighted by molar-refractivity contribution is 4.88. The molecule has 2 heteroatoms. The second-order valence-electron chi connectivity index (χ2n) is 6.25. The van der Waals surface area contributed by atoms with Crippen molar-refractivity contribution in [3.05, 3.63) is 0 Å². The minimum Gasteiger partial charge on any atom is -0.375 e. The van der Waals surface area contributed by atoms with Crippen molar-refractivity contribution in [1.29, 1.82) is 0 Å². The minimum atomic E-state index is 0.154. The van der Waals surface area contributed by atoms with E-state index in [1.807, 2.05) is 0 Å². The van der Waals surface area contributed by atoms with Crippen molar-refractivity contribution >= 4 is 0 Å². The van der Waals surface area contributed by atoms with Crippen LogP contribution >= 0.6 is 0 Å². The smallest absolute Gasteiger partial charge is 0.0692 e. The summed E-state index contributed by atoms with van der Waals surface area (Å²) in [4.78, 5) is 0. The van der Waals surface area contributed by atoms with E-state index in [1.165, 1.54) is 45.1 Å². The number of hydrogen-bond donors (Lipinski definition) is 1. The van der Waals surface area contributed by atoms with Crippen LogP contribution in [0.1, 0.15) is 79.1 Å². The van der Waals surface area contributed by atoms with E-state index < -0.39 is 0 Å². The highest BCUT2D eigenvalue weighted by Gasteiger charge is 2.34. The van der Waals surface area contributed by atoms with Gasteiger partial charge in [-0.25, -0.2) is 0 Å². The Hall–Kier alpha value is -0.0800. The van der Waals surface area contributed by atoms with Crippen molar-refractivity contribution in [1.82, 2.24) is 5.32 Å². The quantitative estimate of drug-likeness (QED) is 0.664. The van der Waals surface area contributed by atoms with Crippen molar-refractivity contribution in [3.8, 4) is 0 Å². The van der Waals surface area contributed by atoms with E-state index in [-0.39, 0.29) is 5.60 Å². The Bertz CT molecular complexity index is 225. The Balaban J connectivity index is 2.35. The first kappa shape index (κ1) is 17.0. The summed E-state index contributed by atoms with van der Waals surface area (Å²) in [5, 5.41) is 3.82. The molecule has 0 saturated carbocycles. The van der Waals surface area contributed by atoms with Crippen LogP contribution in [0.5, 0.6) is 0 Å². The predicted molar refractivity (Wildman–Crippen MR) is 83.6 cm³/mol. The predicted octanol–water partition coefficient (Wildman–Crippen LogP) is 4.53. The van der Waals surface area contributed by atoms with Crippen LogP contribution in [0, 0.1) is 5.92 Å². The third-order valence-corrected chi connectivity index (χ3v) is 5.02. The molecule has 0 aromatic carbocycles. The van der Waals surface area contributed by atoms with Crippen LogP contribution in [-0.2, 0) is 4.74 Å². The first-order valence-corrected chi connectivity index (χ1v) is 8.57. The number of ether oxygens (including phenoxy) is 1. The Morgan fingerprint density at radius 1 is 1.21 bits per heavy atom. The van der Waals surface area contributed by atoms with Gasteiger partial charge in [0, 0.05) is 12.6 Å². The summed E-state index contributed by atoms with van der Waals surface area (Å²) in [5.74, 6) is 0.862. The first-order valence-electron chi connectivity index (χ1n) is 8.57. The van der Waals surface area contributed by atoms with E-state index in [9.17, 15) is 0 Å². The van der Waals surface area contributed by atoms with E-state index in [1.54, 1.807) is 0 Å². The number of hydrogen-bond acceptors (Lipinski definition) is 2. The zero-order valence-corrected chi connectivity index (χ0v) is 13.6. The van der Waals surface area contributed by atoms with Crippen molar-refractivity contribution in [2.75, 3.05) is 13.2 Å². The van der Waals surface area contributed by atoms with Crippen molar-refractivity contribution in [3.63, 3.8) is 0 Å². The van der Waals surface area contributed by atoms with E-state index in [0.29, 0.717) is 6.04 Å². The second kappa shape index (κ2) is 8.97. The molecule has 0 amide bonds. The summed E-state index contributed by atoms with van der Waals surface area (Å²) in [6.07, 6.45) is 10.1. The Labute approximate surface area is 120 Å². The van der Waals surface area contributed by atoms with Gasteiger partial charge in [-0.15, -0.1) is 0 Å². The molecule has 19 heavy (non-hydrogen) atoms. The lowest BCUT2D eigenvalue weighted by Crippen LogP contribution is -2.47. The maximum Gasteiger partial charge on any atom is 0.0692 e. The van der Waals surface area contributed by atoms with Crippen LogP contribution in [0.4, 0.5) is 0 Å². The van der Waals surface area contributed by atoms with Crippen LogP contribution < -0.4 is 5.32 Å². The van der Waals surface area contributed by atoms with Crippen molar-refractivity contribution in [2.24, 2.45) is 5.92 Å². The highest BCUT2D eigenvalue weighted by atomic mass is 16.5. The van der Waals surface area contributed by atoms with Gasteiger partial charge in [0.1, 0.15) is 0 Å². The van der Waals surface area contributed by atoms with Crippen LogP contribution in [0.2, 0.25) is 0 Å². The van der Waals surface area contributed by atoms with Gasteiger partial charge in [-0.3, -0.25) is 0 Å². The van der Waals surface area contributed by atoms with Crippen molar-refractivity contribution < 1.29 is 4.74 Å². The molecule has 2 unspecified atom stereocenters. The maximum atomic E-state index is 6.05. The molecule has 1 aliphatic heterocycles. The zero-order valence-electron chi connectivity index (χ0n) is 13.6. The normalized spacial score (nSPS) is 24.3. The van der Waals surface area contributed by atoms with Gasteiger partial charge in [0.15, 0.2) is 0 Å². The van der Waals surface area contributed by atoms with Gasteiger partial charge in [-0.2, -0.15) is 0 Å². The molecule has 114 valence electrons. The molecule has 1 saturated heterocycles.